The second kappa shape index (κ2) is 5.13. The van der Waals surface area contributed by atoms with Crippen LogP contribution in [0.3, 0.4) is 0 Å². The Bertz CT molecular complexity index is 555. The number of aromatic nitrogens is 2. The maximum Gasteiger partial charge on any atom is 0.573 e. The summed E-state index contributed by atoms with van der Waals surface area (Å²) in [5, 5.41) is 2.97. The Kier molecular flexibility index (Phi) is 3.55. The van der Waals surface area contributed by atoms with Gasteiger partial charge in [-0.25, -0.2) is 9.97 Å². The molecule has 0 unspecified atom stereocenters. The van der Waals surface area contributed by atoms with Crippen LogP contribution in [-0.2, 0) is 0 Å². The van der Waals surface area contributed by atoms with Gasteiger partial charge in [-0.3, -0.25) is 0 Å². The summed E-state index contributed by atoms with van der Waals surface area (Å²) in [6, 6.07) is 5.41. The number of rotatable bonds is 3. The van der Waals surface area contributed by atoms with Crippen LogP contribution < -0.4 is 10.1 Å². The number of halogens is 3. The summed E-state index contributed by atoms with van der Waals surface area (Å²) in [7, 11) is 0. The van der Waals surface area contributed by atoms with E-state index >= 15 is 0 Å². The third-order valence-corrected chi connectivity index (χ3v) is 2.25. The van der Waals surface area contributed by atoms with Gasteiger partial charge in [0.2, 0.25) is 0 Å². The topological polar surface area (TPSA) is 47.0 Å². The summed E-state index contributed by atoms with van der Waals surface area (Å²) in [6.07, 6.45) is -1.66. The van der Waals surface area contributed by atoms with E-state index in [1.807, 2.05) is 6.92 Å². The Labute approximate surface area is 107 Å². The fourth-order valence-electron chi connectivity index (χ4n) is 1.41. The molecule has 4 nitrogen and oxygen atoms in total. The normalized spacial score (nSPS) is 11.2. The minimum Gasteiger partial charge on any atom is -0.406 e. The van der Waals surface area contributed by atoms with Crippen molar-refractivity contribution in [2.75, 3.05) is 5.32 Å². The van der Waals surface area contributed by atoms with Gasteiger partial charge in [0.25, 0.3) is 0 Å². The van der Waals surface area contributed by atoms with Crippen LogP contribution >= 0.6 is 0 Å². The molecule has 0 atom stereocenters. The molecule has 0 saturated heterocycles. The molecule has 0 fully saturated rings. The number of nitrogens with zero attached hydrogens (tertiary/aromatic N) is 2. The lowest BCUT2D eigenvalue weighted by atomic mass is 10.3. The Morgan fingerprint density at radius 1 is 1.16 bits per heavy atom. The van der Waals surface area contributed by atoms with E-state index in [9.17, 15) is 13.2 Å². The molecular formula is C12H10F3N3O. The Morgan fingerprint density at radius 3 is 2.42 bits per heavy atom. The number of nitrogens with one attached hydrogen (secondary N) is 1. The maximum atomic E-state index is 12.0. The lowest BCUT2D eigenvalue weighted by Gasteiger charge is -2.10. The van der Waals surface area contributed by atoms with Gasteiger partial charge in [-0.1, -0.05) is 0 Å². The van der Waals surface area contributed by atoms with E-state index < -0.39 is 6.36 Å². The average Bonchev–Trinajstić information content (AvgIpc) is 2.33. The van der Waals surface area contributed by atoms with Crippen molar-refractivity contribution < 1.29 is 17.9 Å². The fourth-order valence-corrected chi connectivity index (χ4v) is 1.41. The molecule has 1 aromatic heterocycles. The number of aryl methyl sites for hydroxylation is 1. The highest BCUT2D eigenvalue weighted by Gasteiger charge is 2.30. The highest BCUT2D eigenvalue weighted by molar-refractivity contribution is 5.59. The third kappa shape index (κ3) is 3.84. The van der Waals surface area contributed by atoms with Gasteiger partial charge in [-0.2, -0.15) is 0 Å². The van der Waals surface area contributed by atoms with E-state index in [-0.39, 0.29) is 5.75 Å². The SMILES string of the molecule is Cc1cncnc1Nc1ccc(OC(F)(F)F)cc1. The van der Waals surface area contributed by atoms with Crippen molar-refractivity contribution in [2.24, 2.45) is 0 Å². The van der Waals surface area contributed by atoms with Gasteiger partial charge in [0.1, 0.15) is 17.9 Å². The molecule has 1 N–H and O–H groups in total. The van der Waals surface area contributed by atoms with Crippen molar-refractivity contribution in [1.29, 1.82) is 0 Å². The molecule has 0 bridgehead atoms. The molecule has 1 heterocycles. The molecule has 2 rings (SSSR count). The molecule has 7 heteroatoms. The van der Waals surface area contributed by atoms with Crippen molar-refractivity contribution in [2.45, 2.75) is 13.3 Å². The average molecular weight is 269 g/mol. The van der Waals surface area contributed by atoms with Gasteiger partial charge < -0.3 is 10.1 Å². The minimum absolute atomic E-state index is 0.266. The summed E-state index contributed by atoms with van der Waals surface area (Å²) >= 11 is 0. The molecule has 0 aliphatic carbocycles. The lowest BCUT2D eigenvalue weighted by Crippen LogP contribution is -2.16. The van der Waals surface area contributed by atoms with Crippen LogP contribution in [0.2, 0.25) is 0 Å². The molecule has 19 heavy (non-hydrogen) atoms. The van der Waals surface area contributed by atoms with Crippen LogP contribution in [0.1, 0.15) is 5.56 Å². The monoisotopic (exact) mass is 269 g/mol. The van der Waals surface area contributed by atoms with E-state index in [0.29, 0.717) is 11.5 Å². The van der Waals surface area contributed by atoms with Crippen molar-refractivity contribution in [3.05, 3.63) is 42.4 Å². The van der Waals surface area contributed by atoms with E-state index in [4.69, 9.17) is 0 Å². The minimum atomic E-state index is -4.68. The maximum absolute atomic E-state index is 12.0. The zero-order valence-corrected chi connectivity index (χ0v) is 9.90. The summed E-state index contributed by atoms with van der Waals surface area (Å²) in [6.45, 7) is 1.82. The van der Waals surface area contributed by atoms with Crippen LogP contribution in [0.4, 0.5) is 24.7 Å². The van der Waals surface area contributed by atoms with Gasteiger partial charge in [0.05, 0.1) is 0 Å². The van der Waals surface area contributed by atoms with E-state index in [1.54, 1.807) is 6.20 Å². The first-order valence-corrected chi connectivity index (χ1v) is 5.33. The molecule has 0 radical (unpaired) electrons. The van der Waals surface area contributed by atoms with Crippen LogP contribution in [-0.4, -0.2) is 16.3 Å². The Morgan fingerprint density at radius 2 is 1.84 bits per heavy atom. The first kappa shape index (κ1) is 13.1. The predicted octanol–water partition coefficient (Wildman–Crippen LogP) is 3.43. The van der Waals surface area contributed by atoms with Gasteiger partial charge in [-0.15, -0.1) is 13.2 Å². The largest absolute Gasteiger partial charge is 0.573 e. The Hall–Kier alpha value is -2.31. The van der Waals surface area contributed by atoms with Crippen LogP contribution in [0, 0.1) is 6.92 Å². The zero-order chi connectivity index (χ0) is 13.9. The van der Waals surface area contributed by atoms with Crippen LogP contribution in [0.25, 0.3) is 0 Å². The summed E-state index contributed by atoms with van der Waals surface area (Å²) in [5.74, 6) is 0.331. The van der Waals surface area contributed by atoms with E-state index in [0.717, 1.165) is 5.56 Å². The van der Waals surface area contributed by atoms with Gasteiger partial charge >= 0.3 is 6.36 Å². The third-order valence-electron chi connectivity index (χ3n) is 2.25. The van der Waals surface area contributed by atoms with E-state index in [2.05, 4.69) is 20.0 Å². The molecular weight excluding hydrogens is 259 g/mol. The van der Waals surface area contributed by atoms with Crippen LogP contribution in [0.15, 0.2) is 36.8 Å². The van der Waals surface area contributed by atoms with Gasteiger partial charge in [0.15, 0.2) is 0 Å². The lowest BCUT2D eigenvalue weighted by molar-refractivity contribution is -0.274. The Balaban J connectivity index is 2.09. The molecule has 0 aliphatic heterocycles. The first-order valence-electron chi connectivity index (χ1n) is 5.33. The second-order valence-corrected chi connectivity index (χ2v) is 3.75. The molecule has 2 aromatic rings. The first-order chi connectivity index (χ1) is 8.94. The molecule has 0 amide bonds. The van der Waals surface area contributed by atoms with Gasteiger partial charge in [0, 0.05) is 17.4 Å². The summed E-state index contributed by atoms with van der Waals surface area (Å²) in [5.41, 5.74) is 1.44. The number of hydrogen-bond donors (Lipinski definition) is 1. The summed E-state index contributed by atoms with van der Waals surface area (Å²) in [4.78, 5) is 7.87. The van der Waals surface area contributed by atoms with Gasteiger partial charge in [-0.05, 0) is 31.2 Å². The zero-order valence-electron chi connectivity index (χ0n) is 9.90. The number of alkyl halides is 3. The van der Waals surface area contributed by atoms with E-state index in [1.165, 1.54) is 30.6 Å². The van der Waals surface area contributed by atoms with Crippen LogP contribution in [0.5, 0.6) is 5.75 Å². The molecule has 100 valence electrons. The summed E-state index contributed by atoms with van der Waals surface area (Å²) < 4.78 is 39.7. The predicted molar refractivity (Wildman–Crippen MR) is 63.2 cm³/mol. The molecule has 0 spiro atoms. The number of ether oxygens (including phenoxy) is 1. The quantitative estimate of drug-likeness (QED) is 0.927. The molecule has 0 saturated carbocycles. The standard InChI is InChI=1S/C12H10F3N3O/c1-8-6-16-7-17-11(8)18-9-2-4-10(5-3-9)19-12(13,14)15/h2-7H,1H3,(H,16,17,18). The second-order valence-electron chi connectivity index (χ2n) is 3.75. The smallest absolute Gasteiger partial charge is 0.406 e. The number of hydrogen-bond acceptors (Lipinski definition) is 4. The number of benzene rings is 1. The highest BCUT2D eigenvalue weighted by Crippen LogP contribution is 2.25. The fraction of sp³-hybridized carbons (Fsp3) is 0.167. The van der Waals surface area contributed by atoms with Crippen molar-refractivity contribution in [3.8, 4) is 5.75 Å². The van der Waals surface area contributed by atoms with Crippen molar-refractivity contribution in [3.63, 3.8) is 0 Å². The number of anilines is 2. The van der Waals surface area contributed by atoms with Crippen molar-refractivity contribution in [1.82, 2.24) is 9.97 Å². The molecule has 0 aliphatic rings. The highest BCUT2D eigenvalue weighted by atomic mass is 19.4. The molecule has 1 aromatic carbocycles. The van der Waals surface area contributed by atoms with Crippen molar-refractivity contribution >= 4 is 11.5 Å².